The largest absolute Gasteiger partial charge is 0.409 e. The maximum atomic E-state index is 8.72. The van der Waals surface area contributed by atoms with Crippen molar-refractivity contribution in [1.82, 2.24) is 4.98 Å². The zero-order chi connectivity index (χ0) is 12.1. The summed E-state index contributed by atoms with van der Waals surface area (Å²) >= 11 is 1.70. The van der Waals surface area contributed by atoms with Gasteiger partial charge in [-0.3, -0.25) is 0 Å². The van der Waals surface area contributed by atoms with Crippen LogP contribution in [-0.2, 0) is 0 Å². The molecule has 0 atom stereocenters. The molecular formula is C12H17N3OS. The molecule has 92 valence electrons. The molecule has 0 aliphatic heterocycles. The molecule has 5 heteroatoms. The van der Waals surface area contributed by atoms with Crippen LogP contribution >= 0.6 is 11.8 Å². The number of pyridine rings is 1. The molecule has 0 unspecified atom stereocenters. The van der Waals surface area contributed by atoms with Gasteiger partial charge in [0.05, 0.1) is 5.56 Å². The van der Waals surface area contributed by atoms with E-state index >= 15 is 0 Å². The third-order valence-corrected chi connectivity index (χ3v) is 4.32. The Bertz CT molecular complexity index is 402. The van der Waals surface area contributed by atoms with Gasteiger partial charge in [-0.05, 0) is 30.9 Å². The summed E-state index contributed by atoms with van der Waals surface area (Å²) in [5, 5.41) is 12.6. The molecule has 0 amide bonds. The van der Waals surface area contributed by atoms with Crippen molar-refractivity contribution in [1.29, 1.82) is 0 Å². The Labute approximate surface area is 105 Å². The highest BCUT2D eigenvalue weighted by molar-refractivity contribution is 7.99. The summed E-state index contributed by atoms with van der Waals surface area (Å²) in [5.41, 5.74) is 6.35. The molecule has 2 rings (SSSR count). The number of amidine groups is 1. The summed E-state index contributed by atoms with van der Waals surface area (Å²) in [6.07, 6.45) is 7.07. The van der Waals surface area contributed by atoms with Gasteiger partial charge in [0.25, 0.3) is 0 Å². The van der Waals surface area contributed by atoms with Gasteiger partial charge >= 0.3 is 0 Å². The van der Waals surface area contributed by atoms with Crippen LogP contribution in [0.3, 0.4) is 0 Å². The fraction of sp³-hybridized carbons (Fsp3) is 0.500. The van der Waals surface area contributed by atoms with Crippen molar-refractivity contribution in [2.24, 2.45) is 16.8 Å². The number of nitrogens with zero attached hydrogens (tertiary/aromatic N) is 2. The zero-order valence-corrected chi connectivity index (χ0v) is 10.5. The SMILES string of the molecule is N/C(=N/O)c1cccnc1SCC1CCCC1. The van der Waals surface area contributed by atoms with Crippen molar-refractivity contribution in [3.05, 3.63) is 23.9 Å². The van der Waals surface area contributed by atoms with E-state index in [-0.39, 0.29) is 5.84 Å². The molecule has 3 N–H and O–H groups in total. The number of thioether (sulfide) groups is 1. The first-order chi connectivity index (χ1) is 8.31. The van der Waals surface area contributed by atoms with Crippen LogP contribution in [0, 0.1) is 5.92 Å². The second-order valence-corrected chi connectivity index (χ2v) is 5.31. The summed E-state index contributed by atoms with van der Waals surface area (Å²) in [7, 11) is 0. The minimum absolute atomic E-state index is 0.132. The number of hydrogen-bond acceptors (Lipinski definition) is 4. The molecule has 1 aliphatic carbocycles. The highest BCUT2D eigenvalue weighted by Gasteiger charge is 2.16. The summed E-state index contributed by atoms with van der Waals surface area (Å²) in [6, 6.07) is 3.63. The topological polar surface area (TPSA) is 71.5 Å². The average molecular weight is 251 g/mol. The van der Waals surface area contributed by atoms with Gasteiger partial charge in [0.15, 0.2) is 5.84 Å². The molecule has 1 heterocycles. The van der Waals surface area contributed by atoms with Gasteiger partial charge in [-0.25, -0.2) is 4.98 Å². The standard InChI is InChI=1S/C12H17N3OS/c13-11(15-16)10-6-3-7-14-12(10)17-8-9-4-1-2-5-9/h3,6-7,9,16H,1-2,4-5,8H2,(H2,13,15). The molecule has 0 saturated heterocycles. The molecule has 1 aliphatic rings. The molecule has 1 aromatic heterocycles. The van der Waals surface area contributed by atoms with Gasteiger partial charge in [-0.2, -0.15) is 0 Å². The second kappa shape index (κ2) is 5.91. The van der Waals surface area contributed by atoms with E-state index in [4.69, 9.17) is 10.9 Å². The average Bonchev–Trinajstić information content (AvgIpc) is 2.89. The molecule has 17 heavy (non-hydrogen) atoms. The lowest BCUT2D eigenvalue weighted by Gasteiger charge is -2.10. The van der Waals surface area contributed by atoms with Crippen molar-refractivity contribution in [2.75, 3.05) is 5.75 Å². The number of rotatable bonds is 4. The Morgan fingerprint density at radius 3 is 3.00 bits per heavy atom. The fourth-order valence-corrected chi connectivity index (χ4v) is 3.32. The van der Waals surface area contributed by atoms with Crippen molar-refractivity contribution in [2.45, 2.75) is 30.7 Å². The van der Waals surface area contributed by atoms with E-state index in [2.05, 4.69) is 10.1 Å². The Kier molecular flexibility index (Phi) is 4.25. The Hall–Kier alpha value is -1.23. The second-order valence-electron chi connectivity index (χ2n) is 4.30. The van der Waals surface area contributed by atoms with E-state index in [0.717, 1.165) is 22.3 Å². The van der Waals surface area contributed by atoms with Crippen LogP contribution in [0.2, 0.25) is 0 Å². The first-order valence-electron chi connectivity index (χ1n) is 5.87. The number of nitrogens with two attached hydrogens (primary N) is 1. The first-order valence-corrected chi connectivity index (χ1v) is 6.85. The lowest BCUT2D eigenvalue weighted by atomic mass is 10.1. The van der Waals surface area contributed by atoms with Gasteiger partial charge in [-0.15, -0.1) is 11.8 Å². The highest BCUT2D eigenvalue weighted by atomic mass is 32.2. The van der Waals surface area contributed by atoms with Crippen LogP contribution in [0.25, 0.3) is 0 Å². The van der Waals surface area contributed by atoms with Gasteiger partial charge in [0.2, 0.25) is 0 Å². The van der Waals surface area contributed by atoms with Crippen LogP contribution in [0.5, 0.6) is 0 Å². The fourth-order valence-electron chi connectivity index (χ4n) is 2.13. The molecule has 1 saturated carbocycles. The molecule has 1 fully saturated rings. The first kappa shape index (κ1) is 12.2. The minimum atomic E-state index is 0.132. The van der Waals surface area contributed by atoms with Gasteiger partial charge in [-0.1, -0.05) is 18.0 Å². The number of oxime groups is 1. The van der Waals surface area contributed by atoms with Crippen molar-refractivity contribution >= 4 is 17.6 Å². The monoisotopic (exact) mass is 251 g/mol. The van der Waals surface area contributed by atoms with Crippen LogP contribution in [0.4, 0.5) is 0 Å². The lowest BCUT2D eigenvalue weighted by Crippen LogP contribution is -2.15. The van der Waals surface area contributed by atoms with E-state index < -0.39 is 0 Å². The molecular weight excluding hydrogens is 234 g/mol. The van der Waals surface area contributed by atoms with Crippen molar-refractivity contribution < 1.29 is 5.21 Å². The van der Waals surface area contributed by atoms with Gasteiger partial charge in [0, 0.05) is 11.9 Å². The summed E-state index contributed by atoms with van der Waals surface area (Å²) in [4.78, 5) is 4.30. The predicted molar refractivity (Wildman–Crippen MR) is 69.4 cm³/mol. The Morgan fingerprint density at radius 1 is 1.53 bits per heavy atom. The van der Waals surface area contributed by atoms with E-state index in [1.807, 2.05) is 6.07 Å². The quantitative estimate of drug-likeness (QED) is 0.283. The highest BCUT2D eigenvalue weighted by Crippen LogP contribution is 2.31. The molecule has 0 spiro atoms. The number of aromatic nitrogens is 1. The van der Waals surface area contributed by atoms with Crippen LogP contribution in [-0.4, -0.2) is 21.8 Å². The molecule has 0 radical (unpaired) electrons. The molecule has 0 bridgehead atoms. The van der Waals surface area contributed by atoms with E-state index in [1.165, 1.54) is 25.7 Å². The van der Waals surface area contributed by atoms with Crippen molar-refractivity contribution in [3.63, 3.8) is 0 Å². The normalized spacial score (nSPS) is 17.5. The predicted octanol–water partition coefficient (Wildman–Crippen LogP) is 2.46. The number of hydrogen-bond donors (Lipinski definition) is 2. The lowest BCUT2D eigenvalue weighted by molar-refractivity contribution is 0.318. The molecule has 0 aromatic carbocycles. The van der Waals surface area contributed by atoms with Gasteiger partial charge < -0.3 is 10.9 Å². The molecule has 1 aromatic rings. The van der Waals surface area contributed by atoms with E-state index in [9.17, 15) is 0 Å². The van der Waals surface area contributed by atoms with Crippen LogP contribution in [0.15, 0.2) is 28.5 Å². The van der Waals surface area contributed by atoms with Crippen molar-refractivity contribution in [3.8, 4) is 0 Å². The van der Waals surface area contributed by atoms with Crippen LogP contribution < -0.4 is 5.73 Å². The maximum Gasteiger partial charge on any atom is 0.172 e. The third-order valence-electron chi connectivity index (χ3n) is 3.09. The Balaban J connectivity index is 2.04. The maximum absolute atomic E-state index is 8.72. The smallest absolute Gasteiger partial charge is 0.172 e. The summed E-state index contributed by atoms with van der Waals surface area (Å²) in [6.45, 7) is 0. The van der Waals surface area contributed by atoms with E-state index in [1.54, 1.807) is 24.0 Å². The van der Waals surface area contributed by atoms with E-state index in [0.29, 0.717) is 0 Å². The van der Waals surface area contributed by atoms with Crippen LogP contribution in [0.1, 0.15) is 31.2 Å². The molecule has 4 nitrogen and oxygen atoms in total. The summed E-state index contributed by atoms with van der Waals surface area (Å²) < 4.78 is 0. The van der Waals surface area contributed by atoms with Gasteiger partial charge in [0.1, 0.15) is 5.03 Å². The summed E-state index contributed by atoms with van der Waals surface area (Å²) in [5.74, 6) is 2.00. The third kappa shape index (κ3) is 3.12. The Morgan fingerprint density at radius 2 is 2.29 bits per heavy atom. The minimum Gasteiger partial charge on any atom is -0.409 e. The zero-order valence-electron chi connectivity index (χ0n) is 9.67.